The van der Waals surface area contributed by atoms with Crippen molar-refractivity contribution in [2.24, 2.45) is 5.73 Å². The van der Waals surface area contributed by atoms with E-state index in [4.69, 9.17) is 17.3 Å². The molecule has 0 fully saturated rings. The van der Waals surface area contributed by atoms with E-state index in [-0.39, 0.29) is 29.4 Å². The molecule has 114 valence electrons. The number of hydrogen-bond donors (Lipinski definition) is 2. The minimum absolute atomic E-state index is 0.0173. The zero-order valence-electron chi connectivity index (χ0n) is 10.4. The number of hydrogen-bond acceptors (Lipinski definition) is 3. The Bertz CT molecular complexity index is 561. The van der Waals surface area contributed by atoms with E-state index in [9.17, 15) is 21.6 Å². The van der Waals surface area contributed by atoms with Crippen LogP contribution in [-0.2, 0) is 16.6 Å². The molecule has 20 heavy (non-hydrogen) atoms. The molecule has 1 rings (SSSR count). The quantitative estimate of drug-likeness (QED) is 0.787. The fourth-order valence-electron chi connectivity index (χ4n) is 1.46. The van der Waals surface area contributed by atoms with Crippen LogP contribution in [0.5, 0.6) is 0 Å². The molecule has 0 aromatic heterocycles. The van der Waals surface area contributed by atoms with E-state index in [0.717, 1.165) is 0 Å². The van der Waals surface area contributed by atoms with E-state index in [1.807, 2.05) is 0 Å². The average molecular weight is 331 g/mol. The van der Waals surface area contributed by atoms with Crippen molar-refractivity contribution in [3.05, 3.63) is 28.8 Å². The molecule has 0 aliphatic rings. The Kier molecular flexibility index (Phi) is 5.81. The second-order valence-electron chi connectivity index (χ2n) is 4.09. The number of halogens is 4. The molecule has 0 radical (unpaired) electrons. The molecule has 0 saturated heterocycles. The third-order valence-electron chi connectivity index (χ3n) is 2.45. The lowest BCUT2D eigenvalue weighted by atomic mass is 10.2. The van der Waals surface area contributed by atoms with Crippen LogP contribution in [0.25, 0.3) is 0 Å². The van der Waals surface area contributed by atoms with Gasteiger partial charge in [-0.15, -0.1) is 0 Å². The summed E-state index contributed by atoms with van der Waals surface area (Å²) >= 11 is 5.82. The van der Waals surface area contributed by atoms with E-state index < -0.39 is 22.6 Å². The molecule has 1 aromatic rings. The van der Waals surface area contributed by atoms with Gasteiger partial charge in [0.1, 0.15) is 4.90 Å². The lowest BCUT2D eigenvalue weighted by molar-refractivity contribution is -0.135. The van der Waals surface area contributed by atoms with E-state index in [0.29, 0.717) is 5.56 Å². The maximum Gasteiger partial charge on any atom is 0.389 e. The summed E-state index contributed by atoms with van der Waals surface area (Å²) in [6.07, 6.45) is -5.68. The number of nitrogens with two attached hydrogens (primary N) is 1. The van der Waals surface area contributed by atoms with Crippen LogP contribution in [0.3, 0.4) is 0 Å². The van der Waals surface area contributed by atoms with Gasteiger partial charge in [0.2, 0.25) is 10.0 Å². The van der Waals surface area contributed by atoms with Crippen LogP contribution in [0.1, 0.15) is 18.4 Å². The Morgan fingerprint density at radius 1 is 1.30 bits per heavy atom. The van der Waals surface area contributed by atoms with E-state index >= 15 is 0 Å². The monoisotopic (exact) mass is 330 g/mol. The predicted octanol–water partition coefficient (Wildman–Crippen LogP) is 2.42. The van der Waals surface area contributed by atoms with Crippen molar-refractivity contribution >= 4 is 21.6 Å². The molecule has 0 aliphatic carbocycles. The molecule has 0 saturated carbocycles. The molecule has 0 heterocycles. The fourth-order valence-corrected chi connectivity index (χ4v) is 3.10. The maximum absolute atomic E-state index is 11.9. The van der Waals surface area contributed by atoms with Crippen molar-refractivity contribution in [3.8, 4) is 0 Å². The summed E-state index contributed by atoms with van der Waals surface area (Å²) in [7, 11) is -3.92. The number of sulfonamides is 1. The summed E-state index contributed by atoms with van der Waals surface area (Å²) in [6, 6.07) is 4.18. The third-order valence-corrected chi connectivity index (χ3v) is 4.39. The highest BCUT2D eigenvalue weighted by Crippen LogP contribution is 2.23. The zero-order valence-corrected chi connectivity index (χ0v) is 11.9. The number of nitrogens with one attached hydrogen (secondary N) is 1. The second kappa shape index (κ2) is 6.75. The van der Waals surface area contributed by atoms with Gasteiger partial charge in [-0.25, -0.2) is 13.1 Å². The van der Waals surface area contributed by atoms with E-state index in [1.54, 1.807) is 0 Å². The highest BCUT2D eigenvalue weighted by atomic mass is 35.5. The Balaban J connectivity index is 2.70. The van der Waals surface area contributed by atoms with Crippen molar-refractivity contribution in [3.63, 3.8) is 0 Å². The average Bonchev–Trinajstić information content (AvgIpc) is 2.33. The van der Waals surface area contributed by atoms with Gasteiger partial charge < -0.3 is 5.73 Å². The summed E-state index contributed by atoms with van der Waals surface area (Å²) in [6.45, 7) is -0.101. The van der Waals surface area contributed by atoms with E-state index in [1.165, 1.54) is 18.2 Å². The first kappa shape index (κ1) is 17.2. The van der Waals surface area contributed by atoms with Gasteiger partial charge >= 0.3 is 6.18 Å². The first-order chi connectivity index (χ1) is 9.15. The number of alkyl halides is 3. The Morgan fingerprint density at radius 3 is 2.45 bits per heavy atom. The van der Waals surface area contributed by atoms with Gasteiger partial charge in [0.05, 0.1) is 5.02 Å². The summed E-state index contributed by atoms with van der Waals surface area (Å²) in [5.41, 5.74) is 6.04. The van der Waals surface area contributed by atoms with Crippen molar-refractivity contribution in [1.29, 1.82) is 0 Å². The third kappa shape index (κ3) is 5.28. The predicted molar refractivity (Wildman–Crippen MR) is 69.8 cm³/mol. The number of rotatable bonds is 6. The maximum atomic E-state index is 11.9. The molecule has 0 aliphatic heterocycles. The largest absolute Gasteiger partial charge is 0.389 e. The molecule has 0 unspecified atom stereocenters. The minimum atomic E-state index is -4.30. The van der Waals surface area contributed by atoms with Crippen LogP contribution in [-0.4, -0.2) is 21.1 Å². The normalized spacial score (nSPS) is 12.7. The molecular weight excluding hydrogens is 317 g/mol. The van der Waals surface area contributed by atoms with Crippen molar-refractivity contribution < 1.29 is 21.6 Å². The summed E-state index contributed by atoms with van der Waals surface area (Å²) in [5, 5.41) is -0.0173. The smallest absolute Gasteiger partial charge is 0.326 e. The lowest BCUT2D eigenvalue weighted by Crippen LogP contribution is -2.26. The first-order valence-corrected chi connectivity index (χ1v) is 7.57. The Labute approximate surface area is 120 Å². The lowest BCUT2D eigenvalue weighted by Gasteiger charge is -2.10. The van der Waals surface area contributed by atoms with Gasteiger partial charge in [0.25, 0.3) is 0 Å². The van der Waals surface area contributed by atoms with Crippen molar-refractivity contribution in [2.75, 3.05) is 6.54 Å². The fraction of sp³-hybridized carbons (Fsp3) is 0.455. The van der Waals surface area contributed by atoms with Gasteiger partial charge in [0.15, 0.2) is 0 Å². The molecule has 1 aromatic carbocycles. The number of benzene rings is 1. The van der Waals surface area contributed by atoms with Gasteiger partial charge in [-0.2, -0.15) is 13.2 Å². The van der Waals surface area contributed by atoms with Crippen LogP contribution in [0.15, 0.2) is 23.1 Å². The van der Waals surface area contributed by atoms with Gasteiger partial charge in [-0.1, -0.05) is 17.7 Å². The molecule has 0 spiro atoms. The zero-order chi connectivity index (χ0) is 15.4. The highest BCUT2D eigenvalue weighted by molar-refractivity contribution is 7.89. The first-order valence-electron chi connectivity index (χ1n) is 5.70. The van der Waals surface area contributed by atoms with Crippen molar-refractivity contribution in [2.45, 2.75) is 30.5 Å². The Morgan fingerprint density at radius 2 is 1.95 bits per heavy atom. The summed E-state index contributed by atoms with van der Waals surface area (Å²) in [4.78, 5) is -0.177. The van der Waals surface area contributed by atoms with E-state index in [2.05, 4.69) is 4.72 Å². The van der Waals surface area contributed by atoms with Gasteiger partial charge in [-0.3, -0.25) is 0 Å². The summed E-state index contributed by atoms with van der Waals surface area (Å²) < 4.78 is 61.6. The van der Waals surface area contributed by atoms with Crippen LogP contribution in [0.2, 0.25) is 5.02 Å². The standard InChI is InChI=1S/C11H14ClF3N2O2S/c12-9-6-8(7-16)2-3-10(9)20(18,19)17-5-1-4-11(13,14)15/h2-3,6,17H,1,4-5,7,16H2. The molecule has 4 nitrogen and oxygen atoms in total. The molecule has 9 heteroatoms. The van der Waals surface area contributed by atoms with Gasteiger partial charge in [-0.05, 0) is 24.1 Å². The highest BCUT2D eigenvalue weighted by Gasteiger charge is 2.26. The van der Waals surface area contributed by atoms with Crippen molar-refractivity contribution in [1.82, 2.24) is 4.72 Å². The Hall–Kier alpha value is -0.830. The molecular formula is C11H14ClF3N2O2S. The molecule has 0 amide bonds. The van der Waals surface area contributed by atoms with Crippen LogP contribution in [0.4, 0.5) is 13.2 Å². The topological polar surface area (TPSA) is 72.2 Å². The minimum Gasteiger partial charge on any atom is -0.326 e. The summed E-state index contributed by atoms with van der Waals surface area (Å²) in [5.74, 6) is 0. The van der Waals surface area contributed by atoms with Crippen LogP contribution >= 0.6 is 11.6 Å². The van der Waals surface area contributed by atoms with Crippen LogP contribution < -0.4 is 10.5 Å². The van der Waals surface area contributed by atoms with Crippen LogP contribution in [0, 0.1) is 0 Å². The molecule has 0 bridgehead atoms. The molecule has 0 atom stereocenters. The second-order valence-corrected chi connectivity index (χ2v) is 6.23. The SMILES string of the molecule is NCc1ccc(S(=O)(=O)NCCCC(F)(F)F)c(Cl)c1. The van der Waals surface area contributed by atoms with Gasteiger partial charge in [0, 0.05) is 19.5 Å². The molecule has 3 N–H and O–H groups in total.